The summed E-state index contributed by atoms with van der Waals surface area (Å²) in [6.07, 6.45) is 2.50. The summed E-state index contributed by atoms with van der Waals surface area (Å²) >= 11 is 0. The fourth-order valence-electron chi connectivity index (χ4n) is 0.909. The molecule has 0 heterocycles. The van der Waals surface area contributed by atoms with Crippen molar-refractivity contribution in [1.29, 1.82) is 0 Å². The van der Waals surface area contributed by atoms with Crippen LogP contribution < -0.4 is 5.32 Å². The van der Waals surface area contributed by atoms with E-state index in [2.05, 4.69) is 16.6 Å². The number of nitrogens with one attached hydrogen (secondary N) is 1. The predicted molar refractivity (Wildman–Crippen MR) is 50.9 cm³/mol. The van der Waals surface area contributed by atoms with Gasteiger partial charge in [-0.15, -0.1) is 6.58 Å². The summed E-state index contributed by atoms with van der Waals surface area (Å²) < 4.78 is 4.56. The molecule has 1 amide bonds. The highest BCUT2D eigenvalue weighted by atomic mass is 16.5. The number of ether oxygens (including phenoxy) is 1. The number of methoxy groups -OCH3 is 1. The number of carboxylic acids is 1. The quantitative estimate of drug-likeness (QED) is 0.576. The Morgan fingerprint density at radius 1 is 1.64 bits per heavy atom. The molecule has 1 atom stereocenters. The van der Waals surface area contributed by atoms with Gasteiger partial charge in [-0.3, -0.25) is 4.79 Å². The van der Waals surface area contributed by atoms with Crippen molar-refractivity contribution in [2.24, 2.45) is 0 Å². The van der Waals surface area contributed by atoms with Crippen molar-refractivity contribution in [3.05, 3.63) is 12.7 Å². The third kappa shape index (κ3) is 5.31. The average molecular weight is 201 g/mol. The Morgan fingerprint density at radius 3 is 2.71 bits per heavy atom. The van der Waals surface area contributed by atoms with Crippen LogP contribution in [0.2, 0.25) is 0 Å². The highest BCUT2D eigenvalue weighted by Crippen LogP contribution is 1.98. The summed E-state index contributed by atoms with van der Waals surface area (Å²) in [7, 11) is 1.37. The highest BCUT2D eigenvalue weighted by Gasteiger charge is 2.18. The minimum Gasteiger partial charge on any atom is -0.480 e. The van der Waals surface area contributed by atoms with Crippen molar-refractivity contribution in [3.63, 3.8) is 0 Å². The van der Waals surface area contributed by atoms with Crippen LogP contribution in [0.4, 0.5) is 0 Å². The Hall–Kier alpha value is -1.36. The van der Waals surface area contributed by atoms with Crippen LogP contribution in [-0.2, 0) is 14.3 Å². The fraction of sp³-hybridized carbons (Fsp3) is 0.556. The Labute approximate surface area is 82.7 Å². The van der Waals surface area contributed by atoms with E-state index in [0.717, 1.165) is 0 Å². The van der Waals surface area contributed by atoms with E-state index in [1.165, 1.54) is 7.11 Å². The van der Waals surface area contributed by atoms with Crippen LogP contribution >= 0.6 is 0 Å². The van der Waals surface area contributed by atoms with Gasteiger partial charge < -0.3 is 15.2 Å². The van der Waals surface area contributed by atoms with Gasteiger partial charge in [-0.05, 0) is 12.8 Å². The minimum atomic E-state index is -1.05. The maximum absolute atomic E-state index is 11.0. The lowest BCUT2D eigenvalue weighted by Crippen LogP contribution is -2.42. The zero-order valence-corrected chi connectivity index (χ0v) is 8.16. The minimum absolute atomic E-state index is 0.127. The number of allylic oxidation sites excluding steroid dienone is 1. The first-order valence-corrected chi connectivity index (χ1v) is 4.23. The number of carbonyl (C=O) groups is 2. The Bertz CT molecular complexity index is 215. The third-order valence-corrected chi connectivity index (χ3v) is 1.57. The number of amides is 1. The van der Waals surface area contributed by atoms with Crippen molar-refractivity contribution in [3.8, 4) is 0 Å². The molecule has 0 saturated carbocycles. The topological polar surface area (TPSA) is 75.6 Å². The molecule has 0 aliphatic carbocycles. The molecule has 5 nitrogen and oxygen atoms in total. The van der Waals surface area contributed by atoms with Crippen LogP contribution in [0, 0.1) is 0 Å². The second kappa shape index (κ2) is 7.08. The number of hydrogen-bond donors (Lipinski definition) is 2. The smallest absolute Gasteiger partial charge is 0.326 e. The van der Waals surface area contributed by atoms with Gasteiger partial charge >= 0.3 is 5.97 Å². The van der Waals surface area contributed by atoms with Gasteiger partial charge in [-0.1, -0.05) is 6.08 Å². The molecule has 0 spiro atoms. The monoisotopic (exact) mass is 201 g/mol. The summed E-state index contributed by atoms with van der Waals surface area (Å²) in [5, 5.41) is 11.1. The molecule has 0 aromatic heterocycles. The lowest BCUT2D eigenvalue weighted by atomic mass is 10.1. The first-order valence-electron chi connectivity index (χ1n) is 4.23. The molecule has 0 bridgehead atoms. The van der Waals surface area contributed by atoms with Crippen LogP contribution in [0.3, 0.4) is 0 Å². The van der Waals surface area contributed by atoms with Gasteiger partial charge in [-0.2, -0.15) is 0 Å². The van der Waals surface area contributed by atoms with Gasteiger partial charge in [-0.25, -0.2) is 4.79 Å². The van der Waals surface area contributed by atoms with Crippen molar-refractivity contribution in [2.45, 2.75) is 18.9 Å². The molecule has 0 radical (unpaired) electrons. The molecule has 14 heavy (non-hydrogen) atoms. The Balaban J connectivity index is 4.01. The van der Waals surface area contributed by atoms with Crippen molar-refractivity contribution >= 4 is 11.9 Å². The molecule has 0 unspecified atom stereocenters. The third-order valence-electron chi connectivity index (χ3n) is 1.57. The largest absolute Gasteiger partial charge is 0.480 e. The first kappa shape index (κ1) is 12.6. The van der Waals surface area contributed by atoms with E-state index in [1.54, 1.807) is 6.08 Å². The normalized spacial score (nSPS) is 11.8. The molecule has 0 saturated heterocycles. The number of aliphatic carboxylic acids is 1. The summed E-state index contributed by atoms with van der Waals surface area (Å²) in [6.45, 7) is 3.35. The van der Waals surface area contributed by atoms with Gasteiger partial charge in [0.15, 0.2) is 0 Å². The number of rotatable bonds is 7. The van der Waals surface area contributed by atoms with E-state index in [9.17, 15) is 9.59 Å². The van der Waals surface area contributed by atoms with Gasteiger partial charge in [0.05, 0.1) is 0 Å². The van der Waals surface area contributed by atoms with Gasteiger partial charge in [0.25, 0.3) is 0 Å². The summed E-state index contributed by atoms with van der Waals surface area (Å²) in [5.74, 6) is -1.47. The Kier molecular flexibility index (Phi) is 6.39. The van der Waals surface area contributed by atoms with Crippen LogP contribution in [-0.4, -0.2) is 36.7 Å². The highest BCUT2D eigenvalue weighted by molar-refractivity contribution is 5.84. The Morgan fingerprint density at radius 2 is 2.29 bits per heavy atom. The number of hydrogen-bond acceptors (Lipinski definition) is 3. The average Bonchev–Trinajstić information content (AvgIpc) is 2.12. The number of carbonyl (C=O) groups excluding carboxylic acids is 1. The zero-order valence-electron chi connectivity index (χ0n) is 8.16. The van der Waals surface area contributed by atoms with Gasteiger partial charge in [0.2, 0.25) is 5.91 Å². The molecule has 0 aromatic rings. The maximum Gasteiger partial charge on any atom is 0.326 e. The van der Waals surface area contributed by atoms with E-state index in [4.69, 9.17) is 5.11 Å². The van der Waals surface area contributed by atoms with Crippen molar-refractivity contribution in [2.75, 3.05) is 13.7 Å². The lowest BCUT2D eigenvalue weighted by molar-refractivity contribution is -0.142. The first-order chi connectivity index (χ1) is 6.61. The summed E-state index contributed by atoms with van der Waals surface area (Å²) in [5.41, 5.74) is 0. The van der Waals surface area contributed by atoms with E-state index in [-0.39, 0.29) is 6.61 Å². The second-order valence-corrected chi connectivity index (χ2v) is 2.76. The molecule has 0 aliphatic heterocycles. The molecule has 5 heteroatoms. The molecular weight excluding hydrogens is 186 g/mol. The van der Waals surface area contributed by atoms with Crippen LogP contribution in [0.25, 0.3) is 0 Å². The van der Waals surface area contributed by atoms with Gasteiger partial charge in [0.1, 0.15) is 12.6 Å². The van der Waals surface area contributed by atoms with E-state index in [1.807, 2.05) is 0 Å². The van der Waals surface area contributed by atoms with Crippen molar-refractivity contribution in [1.82, 2.24) is 5.32 Å². The molecule has 0 fully saturated rings. The second-order valence-electron chi connectivity index (χ2n) is 2.76. The molecule has 80 valence electrons. The molecule has 0 aliphatic rings. The van der Waals surface area contributed by atoms with E-state index < -0.39 is 17.9 Å². The fourth-order valence-corrected chi connectivity index (χ4v) is 0.909. The van der Waals surface area contributed by atoms with Gasteiger partial charge in [0, 0.05) is 7.11 Å². The van der Waals surface area contributed by atoms with Crippen LogP contribution in [0.1, 0.15) is 12.8 Å². The zero-order chi connectivity index (χ0) is 11.0. The summed E-state index contributed by atoms with van der Waals surface area (Å²) in [4.78, 5) is 21.7. The SMILES string of the molecule is C=CCC[C@H](NC(=O)COC)C(=O)O. The molecule has 0 rings (SSSR count). The number of carboxylic acid groups (broad SMARTS) is 1. The van der Waals surface area contributed by atoms with Crippen molar-refractivity contribution < 1.29 is 19.4 Å². The van der Waals surface area contributed by atoms with Crippen LogP contribution in [0.15, 0.2) is 12.7 Å². The summed E-state index contributed by atoms with van der Waals surface area (Å²) in [6, 6.07) is -0.865. The van der Waals surface area contributed by atoms with E-state index in [0.29, 0.717) is 12.8 Å². The molecule has 2 N–H and O–H groups in total. The van der Waals surface area contributed by atoms with E-state index >= 15 is 0 Å². The molecular formula is C9H15NO4. The lowest BCUT2D eigenvalue weighted by Gasteiger charge is -2.12. The maximum atomic E-state index is 11.0. The molecule has 0 aromatic carbocycles. The van der Waals surface area contributed by atoms with Crippen LogP contribution in [0.5, 0.6) is 0 Å². The predicted octanol–water partition coefficient (Wildman–Crippen LogP) is 0.168. The standard InChI is InChI=1S/C9H15NO4/c1-3-4-5-7(9(12)13)10-8(11)6-14-2/h3,7H,1,4-6H2,2H3,(H,10,11)(H,12,13)/t7-/m0/s1.